The molecule has 0 bridgehead atoms. The van der Waals surface area contributed by atoms with Crippen LogP contribution in [0.1, 0.15) is 40.0 Å². The Hall–Kier alpha value is -1.74. The van der Waals surface area contributed by atoms with Gasteiger partial charge in [0.2, 0.25) is 0 Å². The van der Waals surface area contributed by atoms with Crippen molar-refractivity contribution in [2.75, 3.05) is 26.2 Å². The molecule has 0 aromatic heterocycles. The smallest absolute Gasteiger partial charge is 0.0674 e. The zero-order valence-corrected chi connectivity index (χ0v) is 16.9. The summed E-state index contributed by atoms with van der Waals surface area (Å²) in [7, 11) is 0. The van der Waals surface area contributed by atoms with Crippen molar-refractivity contribution in [3.63, 3.8) is 0 Å². The number of fused-ring (bicyclic) bond motifs is 2. The highest BCUT2D eigenvalue weighted by atomic mass is 15.2. The van der Waals surface area contributed by atoms with E-state index in [1.807, 2.05) is 6.08 Å². The number of hydrogen-bond acceptors (Lipinski definition) is 3. The van der Waals surface area contributed by atoms with Crippen LogP contribution in [0.15, 0.2) is 60.1 Å². The molecule has 0 aromatic rings. The van der Waals surface area contributed by atoms with E-state index in [1.54, 1.807) is 0 Å². The third kappa shape index (κ3) is 3.68. The molecular weight excluding hydrogens is 318 g/mol. The van der Waals surface area contributed by atoms with Crippen LogP contribution in [0.2, 0.25) is 0 Å². The fourth-order valence-corrected chi connectivity index (χ4v) is 4.68. The van der Waals surface area contributed by atoms with Crippen molar-refractivity contribution in [1.29, 1.82) is 0 Å². The monoisotopic (exact) mass is 353 g/mol. The molecule has 3 aliphatic rings. The summed E-state index contributed by atoms with van der Waals surface area (Å²) in [6, 6.07) is 0.645. The summed E-state index contributed by atoms with van der Waals surface area (Å²) in [5, 5.41) is 3.83. The Bertz CT molecular complexity index is 652. The summed E-state index contributed by atoms with van der Waals surface area (Å²) >= 11 is 0. The van der Waals surface area contributed by atoms with Crippen LogP contribution < -0.4 is 5.32 Å². The number of nitrogens with one attached hydrogen (secondary N) is 1. The first-order valence-electron chi connectivity index (χ1n) is 10.1. The van der Waals surface area contributed by atoms with Crippen LogP contribution in [0.3, 0.4) is 0 Å². The van der Waals surface area contributed by atoms with E-state index in [2.05, 4.69) is 61.8 Å². The summed E-state index contributed by atoms with van der Waals surface area (Å²) in [5.74, 6) is 1.34. The maximum Gasteiger partial charge on any atom is 0.0674 e. The topological polar surface area (TPSA) is 18.5 Å². The summed E-state index contributed by atoms with van der Waals surface area (Å²) in [6.45, 7) is 23.7. The van der Waals surface area contributed by atoms with Gasteiger partial charge in [-0.15, -0.1) is 0 Å². The van der Waals surface area contributed by atoms with Crippen molar-refractivity contribution >= 4 is 0 Å². The fraction of sp³-hybridized carbons (Fsp3) is 0.565. The Balaban J connectivity index is 1.98. The minimum atomic E-state index is 0.614. The van der Waals surface area contributed by atoms with Crippen molar-refractivity contribution < 1.29 is 0 Å². The van der Waals surface area contributed by atoms with E-state index in [0.29, 0.717) is 12.0 Å². The van der Waals surface area contributed by atoms with Gasteiger partial charge in [0, 0.05) is 38.4 Å². The summed E-state index contributed by atoms with van der Waals surface area (Å²) in [5.41, 5.74) is 5.80. The van der Waals surface area contributed by atoms with Crippen LogP contribution in [0.4, 0.5) is 0 Å². The summed E-state index contributed by atoms with van der Waals surface area (Å²) in [4.78, 5) is 4.89. The molecule has 2 unspecified atom stereocenters. The predicted octanol–water partition coefficient (Wildman–Crippen LogP) is 4.45. The summed E-state index contributed by atoms with van der Waals surface area (Å²) in [6.07, 6.45) is 8.09. The van der Waals surface area contributed by atoms with Gasteiger partial charge >= 0.3 is 0 Å². The lowest BCUT2D eigenvalue weighted by Crippen LogP contribution is -2.46. The van der Waals surface area contributed by atoms with Crippen molar-refractivity contribution in [2.24, 2.45) is 11.8 Å². The molecular formula is C23H35N3. The van der Waals surface area contributed by atoms with Crippen molar-refractivity contribution in [3.05, 3.63) is 60.1 Å². The van der Waals surface area contributed by atoms with Crippen LogP contribution in [0, 0.1) is 11.8 Å². The quantitative estimate of drug-likeness (QED) is 0.809. The molecule has 2 atom stereocenters. The van der Waals surface area contributed by atoms with Crippen LogP contribution in [-0.4, -0.2) is 42.0 Å². The second kappa shape index (κ2) is 7.87. The Morgan fingerprint density at radius 1 is 1.31 bits per heavy atom. The molecule has 3 rings (SSSR count). The van der Waals surface area contributed by atoms with Crippen molar-refractivity contribution in [1.82, 2.24) is 15.1 Å². The van der Waals surface area contributed by atoms with Gasteiger partial charge in [0.15, 0.2) is 0 Å². The van der Waals surface area contributed by atoms with E-state index in [-0.39, 0.29) is 0 Å². The minimum Gasteiger partial charge on any atom is -0.370 e. The van der Waals surface area contributed by atoms with Gasteiger partial charge in [-0.3, -0.25) is 0 Å². The van der Waals surface area contributed by atoms with Gasteiger partial charge in [0.05, 0.1) is 11.4 Å². The number of rotatable bonds is 3. The van der Waals surface area contributed by atoms with E-state index < -0.39 is 0 Å². The van der Waals surface area contributed by atoms with Crippen LogP contribution in [-0.2, 0) is 0 Å². The molecule has 1 saturated carbocycles. The molecule has 0 amide bonds. The molecule has 142 valence electrons. The third-order valence-electron chi connectivity index (χ3n) is 6.07. The number of allylic oxidation sites excluding steroid dienone is 4. The van der Waals surface area contributed by atoms with Gasteiger partial charge in [-0.2, -0.15) is 0 Å². The first-order chi connectivity index (χ1) is 12.4. The average molecular weight is 354 g/mol. The lowest BCUT2D eigenvalue weighted by Gasteiger charge is -2.41. The molecule has 1 aliphatic carbocycles. The van der Waals surface area contributed by atoms with Gasteiger partial charge in [-0.05, 0) is 48.3 Å². The third-order valence-corrected chi connectivity index (χ3v) is 6.07. The normalized spacial score (nSPS) is 27.5. The number of hydrogen-bond donors (Lipinski definition) is 1. The van der Waals surface area contributed by atoms with E-state index >= 15 is 0 Å². The Kier molecular flexibility index (Phi) is 5.76. The lowest BCUT2D eigenvalue weighted by molar-refractivity contribution is 0.222. The molecule has 2 fully saturated rings. The molecule has 3 heteroatoms. The van der Waals surface area contributed by atoms with Crippen LogP contribution >= 0.6 is 0 Å². The second-order valence-electron chi connectivity index (χ2n) is 8.43. The van der Waals surface area contributed by atoms with Crippen molar-refractivity contribution in [2.45, 2.75) is 46.1 Å². The minimum absolute atomic E-state index is 0.614. The highest BCUT2D eigenvalue weighted by molar-refractivity contribution is 5.56. The Labute approximate surface area is 159 Å². The van der Waals surface area contributed by atoms with E-state index in [1.165, 1.54) is 30.5 Å². The first kappa shape index (κ1) is 19.0. The molecule has 2 heterocycles. The van der Waals surface area contributed by atoms with Gasteiger partial charge in [-0.1, -0.05) is 46.1 Å². The van der Waals surface area contributed by atoms with Crippen molar-refractivity contribution in [3.8, 4) is 0 Å². The highest BCUT2D eigenvalue weighted by Gasteiger charge is 2.32. The molecule has 0 radical (unpaired) electrons. The largest absolute Gasteiger partial charge is 0.370 e. The molecule has 3 nitrogen and oxygen atoms in total. The summed E-state index contributed by atoms with van der Waals surface area (Å²) < 4.78 is 0. The SMILES string of the molecule is C=CC1=CN2CCNC3CCCC3CN(CC(C)C)C(=C)C2=C(C)C1=C. The average Bonchev–Trinajstić information content (AvgIpc) is 3.03. The van der Waals surface area contributed by atoms with E-state index in [4.69, 9.17) is 0 Å². The molecule has 26 heavy (non-hydrogen) atoms. The van der Waals surface area contributed by atoms with Crippen LogP contribution in [0.25, 0.3) is 0 Å². The van der Waals surface area contributed by atoms with E-state index in [0.717, 1.165) is 48.9 Å². The van der Waals surface area contributed by atoms with Crippen LogP contribution in [0.5, 0.6) is 0 Å². The lowest BCUT2D eigenvalue weighted by atomic mass is 9.93. The maximum absolute atomic E-state index is 4.57. The van der Waals surface area contributed by atoms with Gasteiger partial charge in [-0.25, -0.2) is 0 Å². The highest BCUT2D eigenvalue weighted by Crippen LogP contribution is 2.36. The zero-order chi connectivity index (χ0) is 18.8. The number of nitrogens with zero attached hydrogens (tertiary/aromatic N) is 2. The Morgan fingerprint density at radius 2 is 2.08 bits per heavy atom. The molecule has 0 spiro atoms. The molecule has 1 N–H and O–H groups in total. The first-order valence-corrected chi connectivity index (χ1v) is 10.1. The molecule has 2 aliphatic heterocycles. The predicted molar refractivity (Wildman–Crippen MR) is 112 cm³/mol. The van der Waals surface area contributed by atoms with E-state index in [9.17, 15) is 0 Å². The Morgan fingerprint density at radius 3 is 2.77 bits per heavy atom. The molecule has 1 saturated heterocycles. The maximum atomic E-state index is 4.57. The second-order valence-corrected chi connectivity index (χ2v) is 8.43. The van der Waals surface area contributed by atoms with Gasteiger partial charge in [0.25, 0.3) is 0 Å². The van der Waals surface area contributed by atoms with Gasteiger partial charge < -0.3 is 15.1 Å². The fourth-order valence-electron chi connectivity index (χ4n) is 4.68. The van der Waals surface area contributed by atoms with Gasteiger partial charge in [0.1, 0.15) is 0 Å². The standard InChI is InChI=1S/C23H35N3/c1-7-20-14-25-12-11-24-22-10-8-9-21(22)15-26(13-16(2)3)19(6)23(25)18(5)17(20)4/h7,14,16,21-22,24H,1,4,6,8-13,15H2,2-3,5H3. The zero-order valence-electron chi connectivity index (χ0n) is 16.9. The molecule has 0 aromatic carbocycles.